The molecule has 210 valence electrons. The fourth-order valence-corrected chi connectivity index (χ4v) is 3.89. The van der Waals surface area contributed by atoms with Gasteiger partial charge in [-0.05, 0) is 35.2 Å². The number of rotatable bonds is 13. The first-order valence-electron chi connectivity index (χ1n) is 13.3. The number of ether oxygens (including phenoxy) is 3. The Kier molecular flexibility index (Phi) is 10.9. The Morgan fingerprint density at radius 3 is 1.80 bits per heavy atom. The maximum atomic E-state index is 12.9. The van der Waals surface area contributed by atoms with Crippen molar-refractivity contribution in [2.24, 2.45) is 0 Å². The molecule has 0 saturated heterocycles. The van der Waals surface area contributed by atoms with E-state index in [1.807, 2.05) is 97.1 Å². The molecule has 1 atom stereocenters. The topological polar surface area (TPSA) is 103 Å². The van der Waals surface area contributed by atoms with Gasteiger partial charge < -0.3 is 24.8 Å². The summed E-state index contributed by atoms with van der Waals surface area (Å²) in [6, 6.07) is 34.1. The summed E-state index contributed by atoms with van der Waals surface area (Å²) in [6.45, 7) is 0.484. The molecule has 0 heterocycles. The van der Waals surface area contributed by atoms with Gasteiger partial charge in [0, 0.05) is 18.2 Å². The second kappa shape index (κ2) is 15.5. The smallest absolute Gasteiger partial charge is 0.408 e. The second-order valence-electron chi connectivity index (χ2n) is 9.24. The van der Waals surface area contributed by atoms with Crippen LogP contribution in [0.15, 0.2) is 115 Å². The molecule has 0 fully saturated rings. The van der Waals surface area contributed by atoms with Gasteiger partial charge in [0.1, 0.15) is 31.6 Å². The number of carbonyl (C=O) groups excluding carboxylic acids is 3. The third-order valence-corrected chi connectivity index (χ3v) is 6.04. The van der Waals surface area contributed by atoms with Gasteiger partial charge >= 0.3 is 12.1 Å². The lowest BCUT2D eigenvalue weighted by Crippen LogP contribution is -2.42. The Morgan fingerprint density at radius 2 is 1.20 bits per heavy atom. The molecule has 0 aliphatic carbocycles. The minimum Gasteiger partial charge on any atom is -0.489 e. The van der Waals surface area contributed by atoms with Crippen LogP contribution in [0, 0.1) is 0 Å². The van der Waals surface area contributed by atoms with Crippen molar-refractivity contribution in [1.29, 1.82) is 0 Å². The highest BCUT2D eigenvalue weighted by Gasteiger charge is 2.24. The SMILES string of the molecule is O=C(CC[C@@H](NC(=O)OCc1ccccc1)C(=O)OCc1ccccc1)Nc1cccc(OCc2ccccc2)c1. The van der Waals surface area contributed by atoms with Crippen molar-refractivity contribution in [3.8, 4) is 5.75 Å². The molecule has 2 N–H and O–H groups in total. The second-order valence-corrected chi connectivity index (χ2v) is 9.24. The van der Waals surface area contributed by atoms with E-state index in [9.17, 15) is 14.4 Å². The molecule has 4 aromatic carbocycles. The van der Waals surface area contributed by atoms with Crippen LogP contribution < -0.4 is 15.4 Å². The number of nitrogens with one attached hydrogen (secondary N) is 2. The van der Waals surface area contributed by atoms with Gasteiger partial charge in [-0.15, -0.1) is 0 Å². The molecule has 0 unspecified atom stereocenters. The van der Waals surface area contributed by atoms with Crippen LogP contribution in [0.25, 0.3) is 0 Å². The first-order chi connectivity index (χ1) is 20.0. The third-order valence-electron chi connectivity index (χ3n) is 6.04. The van der Waals surface area contributed by atoms with Gasteiger partial charge in [-0.25, -0.2) is 9.59 Å². The van der Waals surface area contributed by atoms with E-state index in [1.165, 1.54) is 0 Å². The van der Waals surface area contributed by atoms with Gasteiger partial charge in [-0.2, -0.15) is 0 Å². The molecular formula is C33H32N2O6. The van der Waals surface area contributed by atoms with E-state index in [-0.39, 0.29) is 32.0 Å². The first kappa shape index (κ1) is 28.9. The fraction of sp³-hybridized carbons (Fsp3) is 0.182. The van der Waals surface area contributed by atoms with Crippen molar-refractivity contribution in [3.63, 3.8) is 0 Å². The average molecular weight is 553 g/mol. The number of benzene rings is 4. The van der Waals surface area contributed by atoms with Crippen molar-refractivity contribution in [2.45, 2.75) is 38.7 Å². The van der Waals surface area contributed by atoms with Gasteiger partial charge in [0.05, 0.1) is 0 Å². The highest BCUT2D eigenvalue weighted by atomic mass is 16.6. The number of anilines is 1. The van der Waals surface area contributed by atoms with Crippen molar-refractivity contribution in [1.82, 2.24) is 5.32 Å². The molecule has 8 nitrogen and oxygen atoms in total. The molecule has 2 amide bonds. The first-order valence-corrected chi connectivity index (χ1v) is 13.3. The lowest BCUT2D eigenvalue weighted by molar-refractivity contribution is -0.147. The number of carbonyl (C=O) groups is 3. The van der Waals surface area contributed by atoms with Crippen LogP contribution in [0.2, 0.25) is 0 Å². The quantitative estimate of drug-likeness (QED) is 0.197. The van der Waals surface area contributed by atoms with Crippen molar-refractivity contribution in [2.75, 3.05) is 5.32 Å². The predicted molar refractivity (Wildman–Crippen MR) is 155 cm³/mol. The minimum atomic E-state index is -1.08. The summed E-state index contributed by atoms with van der Waals surface area (Å²) in [6.07, 6.45) is -0.803. The number of amides is 2. The van der Waals surface area contributed by atoms with E-state index in [0.717, 1.165) is 16.7 Å². The number of hydrogen-bond donors (Lipinski definition) is 2. The van der Waals surface area contributed by atoms with E-state index >= 15 is 0 Å². The van der Waals surface area contributed by atoms with Gasteiger partial charge in [0.15, 0.2) is 0 Å². The Bertz CT molecular complexity index is 1400. The predicted octanol–water partition coefficient (Wildman–Crippen LogP) is 6.02. The fourth-order valence-electron chi connectivity index (χ4n) is 3.89. The van der Waals surface area contributed by atoms with Crippen LogP contribution >= 0.6 is 0 Å². The van der Waals surface area contributed by atoms with Crippen LogP contribution in [0.1, 0.15) is 29.5 Å². The molecule has 0 aliphatic heterocycles. The maximum Gasteiger partial charge on any atom is 0.408 e. The van der Waals surface area contributed by atoms with E-state index in [0.29, 0.717) is 18.0 Å². The highest BCUT2D eigenvalue weighted by Crippen LogP contribution is 2.19. The van der Waals surface area contributed by atoms with Gasteiger partial charge in [0.2, 0.25) is 5.91 Å². The Balaban J connectivity index is 1.31. The third kappa shape index (κ3) is 10.2. The van der Waals surface area contributed by atoms with E-state index < -0.39 is 18.1 Å². The zero-order valence-electron chi connectivity index (χ0n) is 22.5. The van der Waals surface area contributed by atoms with Crippen LogP contribution in [-0.4, -0.2) is 24.0 Å². The zero-order valence-corrected chi connectivity index (χ0v) is 22.5. The average Bonchev–Trinajstić information content (AvgIpc) is 3.01. The van der Waals surface area contributed by atoms with Gasteiger partial charge in [0.25, 0.3) is 0 Å². The van der Waals surface area contributed by atoms with E-state index in [4.69, 9.17) is 14.2 Å². The standard InChI is InChI=1S/C33H32N2O6/c36-31(34-28-17-10-18-29(21-28)39-22-25-11-4-1-5-12-25)20-19-30(32(37)40-23-26-13-6-2-7-14-26)35-33(38)41-24-27-15-8-3-9-16-27/h1-18,21,30H,19-20,22-24H2,(H,34,36)(H,35,38)/t30-/m1/s1. The summed E-state index contributed by atoms with van der Waals surface area (Å²) < 4.78 is 16.5. The van der Waals surface area contributed by atoms with E-state index in [2.05, 4.69) is 10.6 Å². The van der Waals surface area contributed by atoms with E-state index in [1.54, 1.807) is 18.2 Å². The summed E-state index contributed by atoms with van der Waals surface area (Å²) in [5.74, 6) is -0.378. The summed E-state index contributed by atoms with van der Waals surface area (Å²) in [7, 11) is 0. The normalized spacial score (nSPS) is 11.1. The largest absolute Gasteiger partial charge is 0.489 e. The molecule has 0 spiro atoms. The Hall–Kier alpha value is -5.11. The van der Waals surface area contributed by atoms with Crippen molar-refractivity contribution in [3.05, 3.63) is 132 Å². The maximum absolute atomic E-state index is 12.9. The summed E-state index contributed by atoms with van der Waals surface area (Å²) in [4.78, 5) is 38.1. The lowest BCUT2D eigenvalue weighted by atomic mass is 10.1. The van der Waals surface area contributed by atoms with Crippen LogP contribution in [0.4, 0.5) is 10.5 Å². The molecule has 0 saturated carbocycles. The Labute approximate surface area is 239 Å². The molecule has 0 aliphatic rings. The Morgan fingerprint density at radius 1 is 0.634 bits per heavy atom. The molecule has 0 radical (unpaired) electrons. The zero-order chi connectivity index (χ0) is 28.7. The molecule has 0 bridgehead atoms. The molecule has 4 aromatic rings. The van der Waals surface area contributed by atoms with Crippen molar-refractivity contribution < 1.29 is 28.6 Å². The van der Waals surface area contributed by atoms with Crippen LogP contribution in [0.3, 0.4) is 0 Å². The number of alkyl carbamates (subject to hydrolysis) is 1. The number of esters is 1. The number of hydrogen-bond acceptors (Lipinski definition) is 6. The highest BCUT2D eigenvalue weighted by molar-refractivity contribution is 5.91. The monoisotopic (exact) mass is 552 g/mol. The summed E-state index contributed by atoms with van der Waals surface area (Å²) >= 11 is 0. The van der Waals surface area contributed by atoms with Crippen LogP contribution in [0.5, 0.6) is 5.75 Å². The molecular weight excluding hydrogens is 520 g/mol. The molecule has 41 heavy (non-hydrogen) atoms. The van der Waals surface area contributed by atoms with Gasteiger partial charge in [-0.3, -0.25) is 4.79 Å². The summed E-state index contributed by atoms with van der Waals surface area (Å²) in [5.41, 5.74) is 3.19. The minimum absolute atomic E-state index is 0.0179. The lowest BCUT2D eigenvalue weighted by Gasteiger charge is -2.18. The molecule has 8 heteroatoms. The molecule has 0 aromatic heterocycles. The molecule has 4 rings (SSSR count). The van der Waals surface area contributed by atoms with Crippen LogP contribution in [-0.2, 0) is 38.9 Å². The van der Waals surface area contributed by atoms with Gasteiger partial charge in [-0.1, -0.05) is 97.1 Å². The van der Waals surface area contributed by atoms with Crippen molar-refractivity contribution >= 4 is 23.7 Å². The summed E-state index contributed by atoms with van der Waals surface area (Å²) in [5, 5.41) is 5.37.